The van der Waals surface area contributed by atoms with Crippen molar-refractivity contribution in [3.05, 3.63) is 101 Å². The van der Waals surface area contributed by atoms with E-state index in [1.165, 1.54) is 30.4 Å². The fraction of sp³-hybridized carbons (Fsp3) is 0.379. The third-order valence-corrected chi connectivity index (χ3v) is 5.74. The maximum absolute atomic E-state index is 13.9. The van der Waals surface area contributed by atoms with Crippen molar-refractivity contribution in [1.82, 2.24) is 0 Å². The largest absolute Gasteiger partial charge is 0.257 e. The molecule has 0 saturated heterocycles. The molecule has 1 fully saturated rings. The van der Waals surface area contributed by atoms with E-state index in [0.717, 1.165) is 53.3 Å². The fourth-order valence-electron chi connectivity index (χ4n) is 3.63. The third kappa shape index (κ3) is 8.52. The first kappa shape index (κ1) is 24.6. The highest BCUT2D eigenvalue weighted by Gasteiger charge is 2.21. The minimum atomic E-state index is -0.181. The van der Waals surface area contributed by atoms with Gasteiger partial charge in [-0.2, -0.15) is 0 Å². The lowest BCUT2D eigenvalue weighted by Gasteiger charge is -2.14. The van der Waals surface area contributed by atoms with E-state index >= 15 is 0 Å². The number of aliphatic imine (C=N–C) groups is 1. The topological polar surface area (TPSA) is 12.4 Å². The van der Waals surface area contributed by atoms with Crippen LogP contribution in [0.15, 0.2) is 88.8 Å². The first-order valence-corrected chi connectivity index (χ1v) is 11.2. The van der Waals surface area contributed by atoms with Gasteiger partial charge in [0.15, 0.2) is 0 Å². The molecule has 31 heavy (non-hydrogen) atoms. The average Bonchev–Trinajstić information content (AvgIpc) is 3.54. The monoisotopic (exact) mass is 417 g/mol. The molecule has 0 bridgehead atoms. The lowest BCUT2D eigenvalue weighted by molar-refractivity contribution is 0.624. The van der Waals surface area contributed by atoms with Crippen LogP contribution in [0.4, 0.5) is 4.39 Å². The fourth-order valence-corrected chi connectivity index (χ4v) is 3.63. The number of benzene rings is 1. The molecule has 0 aliphatic heterocycles. The number of rotatable bonds is 11. The van der Waals surface area contributed by atoms with Gasteiger partial charge in [0.1, 0.15) is 5.82 Å². The van der Waals surface area contributed by atoms with Gasteiger partial charge < -0.3 is 0 Å². The highest BCUT2D eigenvalue weighted by atomic mass is 19.1. The second kappa shape index (κ2) is 12.2. The van der Waals surface area contributed by atoms with E-state index in [1.54, 1.807) is 18.2 Å². The van der Waals surface area contributed by atoms with Crippen LogP contribution in [0.1, 0.15) is 64.0 Å². The van der Waals surface area contributed by atoms with Gasteiger partial charge in [-0.05, 0) is 99.8 Å². The Morgan fingerprint density at radius 1 is 1.19 bits per heavy atom. The third-order valence-electron chi connectivity index (χ3n) is 5.74. The summed E-state index contributed by atoms with van der Waals surface area (Å²) in [6, 6.07) is 5.25. The molecule has 164 valence electrons. The lowest BCUT2D eigenvalue weighted by Crippen LogP contribution is -2.07. The summed E-state index contributed by atoms with van der Waals surface area (Å²) < 4.78 is 13.9. The summed E-state index contributed by atoms with van der Waals surface area (Å²) in [6.45, 7) is 15.7. The number of halogens is 1. The molecule has 0 N–H and O–H groups in total. The van der Waals surface area contributed by atoms with E-state index in [4.69, 9.17) is 4.99 Å². The summed E-state index contributed by atoms with van der Waals surface area (Å²) in [6.07, 6.45) is 14.3. The minimum Gasteiger partial charge on any atom is -0.257 e. The summed E-state index contributed by atoms with van der Waals surface area (Å²) in [5.41, 5.74) is 10.3. The molecule has 0 unspecified atom stereocenters. The van der Waals surface area contributed by atoms with Crippen molar-refractivity contribution in [2.45, 2.75) is 66.2 Å². The number of hydrogen-bond acceptors (Lipinski definition) is 1. The van der Waals surface area contributed by atoms with E-state index in [0.29, 0.717) is 0 Å². The predicted octanol–water partition coefficient (Wildman–Crippen LogP) is 8.39. The molecule has 1 aliphatic carbocycles. The molecule has 1 saturated carbocycles. The zero-order chi connectivity index (χ0) is 22.8. The Balaban J connectivity index is 2.44. The smallest absolute Gasteiger partial charge is 0.123 e. The summed E-state index contributed by atoms with van der Waals surface area (Å²) in [7, 11) is 0. The zero-order valence-corrected chi connectivity index (χ0v) is 19.6. The van der Waals surface area contributed by atoms with Crippen molar-refractivity contribution in [2.24, 2.45) is 10.9 Å². The Bertz CT molecular complexity index is 940. The predicted molar refractivity (Wildman–Crippen MR) is 133 cm³/mol. The minimum absolute atomic E-state index is 0.181. The number of nitrogens with zero attached hydrogens (tertiary/aromatic N) is 1. The van der Waals surface area contributed by atoms with Crippen LogP contribution in [0.3, 0.4) is 0 Å². The van der Waals surface area contributed by atoms with Crippen LogP contribution in [0, 0.1) is 18.7 Å². The molecule has 0 heterocycles. The standard InChI is InChI=1S/C29H36FN/c1-7-9-11-28(23(5)12-13-25-14-15-25)29(31-24(6)22(4)10-8-2)17-16-26-18-21(3)19-27(30)20-26/h7,9-11,18-20,25H,1-2,12-17H2,3-6H3/b11-9-,24-22+,28-23-,31-29-. The van der Waals surface area contributed by atoms with Crippen LogP contribution in [-0.2, 0) is 6.42 Å². The summed E-state index contributed by atoms with van der Waals surface area (Å²) in [5, 5.41) is 0. The molecule has 1 aliphatic rings. The van der Waals surface area contributed by atoms with E-state index in [1.807, 2.05) is 32.9 Å². The first-order chi connectivity index (χ1) is 14.8. The molecule has 1 nitrogen and oxygen atoms in total. The van der Waals surface area contributed by atoms with Gasteiger partial charge in [-0.25, -0.2) is 4.39 Å². The Kier molecular flexibility index (Phi) is 9.69. The number of allylic oxidation sites excluding steroid dienone is 8. The van der Waals surface area contributed by atoms with Crippen LogP contribution in [0.5, 0.6) is 0 Å². The van der Waals surface area contributed by atoms with Gasteiger partial charge in [-0.3, -0.25) is 4.99 Å². The van der Waals surface area contributed by atoms with Gasteiger partial charge in [0, 0.05) is 11.4 Å². The maximum Gasteiger partial charge on any atom is 0.123 e. The molecule has 0 radical (unpaired) electrons. The lowest BCUT2D eigenvalue weighted by atomic mass is 9.94. The molecule has 2 heteroatoms. The second-order valence-electron chi connectivity index (χ2n) is 8.58. The van der Waals surface area contributed by atoms with Crippen LogP contribution in [-0.4, -0.2) is 5.71 Å². The normalized spacial score (nSPS) is 16.0. The zero-order valence-electron chi connectivity index (χ0n) is 19.6. The summed E-state index contributed by atoms with van der Waals surface area (Å²) >= 11 is 0. The van der Waals surface area contributed by atoms with Crippen molar-refractivity contribution in [3.8, 4) is 0 Å². The Morgan fingerprint density at radius 3 is 2.55 bits per heavy atom. The SMILES string of the molecule is C=C=C/C(C)=C(C)/N=C(CCc1cc(C)cc(F)c1)\C(\C=C/C=C)=C(\C)CCC1CC1. The highest BCUT2D eigenvalue weighted by molar-refractivity contribution is 6.04. The second-order valence-corrected chi connectivity index (χ2v) is 8.58. The van der Waals surface area contributed by atoms with Crippen LogP contribution < -0.4 is 0 Å². The first-order valence-electron chi connectivity index (χ1n) is 11.2. The van der Waals surface area contributed by atoms with E-state index in [2.05, 4.69) is 38.0 Å². The Labute approximate surface area is 188 Å². The molecule has 1 aromatic carbocycles. The Morgan fingerprint density at radius 2 is 1.94 bits per heavy atom. The van der Waals surface area contributed by atoms with Gasteiger partial charge >= 0.3 is 0 Å². The van der Waals surface area contributed by atoms with Crippen LogP contribution in [0.2, 0.25) is 0 Å². The van der Waals surface area contributed by atoms with E-state index in [-0.39, 0.29) is 5.82 Å². The highest BCUT2D eigenvalue weighted by Crippen LogP contribution is 2.35. The average molecular weight is 418 g/mol. The van der Waals surface area contributed by atoms with E-state index < -0.39 is 0 Å². The van der Waals surface area contributed by atoms with Gasteiger partial charge in [0.25, 0.3) is 0 Å². The van der Waals surface area contributed by atoms with Crippen LogP contribution in [0.25, 0.3) is 0 Å². The molecule has 0 aromatic heterocycles. The molecule has 0 atom stereocenters. The van der Waals surface area contributed by atoms with Gasteiger partial charge in [0.05, 0.1) is 0 Å². The van der Waals surface area contributed by atoms with Crippen LogP contribution >= 0.6 is 0 Å². The number of hydrogen-bond donors (Lipinski definition) is 0. The van der Waals surface area contributed by atoms with Gasteiger partial charge in [-0.15, -0.1) is 5.73 Å². The summed E-state index contributed by atoms with van der Waals surface area (Å²) in [4.78, 5) is 5.03. The molecular formula is C29H36FN. The molecule has 1 aromatic rings. The van der Waals surface area contributed by atoms with Crippen molar-refractivity contribution < 1.29 is 4.39 Å². The van der Waals surface area contributed by atoms with Crippen molar-refractivity contribution in [3.63, 3.8) is 0 Å². The molecular weight excluding hydrogens is 381 g/mol. The van der Waals surface area contributed by atoms with Crippen molar-refractivity contribution >= 4 is 5.71 Å². The van der Waals surface area contributed by atoms with Gasteiger partial charge in [0.2, 0.25) is 0 Å². The molecule has 0 amide bonds. The summed E-state index contributed by atoms with van der Waals surface area (Å²) in [5.74, 6) is 0.705. The molecule has 2 rings (SSSR count). The molecule has 0 spiro atoms. The van der Waals surface area contributed by atoms with Crippen molar-refractivity contribution in [2.75, 3.05) is 0 Å². The van der Waals surface area contributed by atoms with E-state index in [9.17, 15) is 4.39 Å². The van der Waals surface area contributed by atoms with Crippen molar-refractivity contribution in [1.29, 1.82) is 0 Å². The maximum atomic E-state index is 13.9. The number of aryl methyl sites for hydroxylation is 2. The quantitative estimate of drug-likeness (QED) is 0.195. The van der Waals surface area contributed by atoms with Gasteiger partial charge in [-0.1, -0.05) is 55.9 Å². The Hall–Kier alpha value is -2.70.